The topological polar surface area (TPSA) is 47.9 Å². The second kappa shape index (κ2) is 8.39. The zero-order valence-electron chi connectivity index (χ0n) is 14.8. The fourth-order valence-corrected chi connectivity index (χ4v) is 3.08. The molecule has 4 nitrogen and oxygen atoms in total. The number of cyclic esters (lactones) is 1. The molecule has 0 radical (unpaired) electrons. The van der Waals surface area contributed by atoms with Crippen molar-refractivity contribution in [2.45, 2.75) is 6.61 Å². The van der Waals surface area contributed by atoms with Crippen molar-refractivity contribution in [2.75, 3.05) is 0 Å². The van der Waals surface area contributed by atoms with E-state index in [9.17, 15) is 4.79 Å². The van der Waals surface area contributed by atoms with Crippen molar-refractivity contribution in [3.63, 3.8) is 0 Å². The minimum absolute atomic E-state index is 0.272. The van der Waals surface area contributed by atoms with Gasteiger partial charge in [-0.15, -0.1) is 0 Å². The molecule has 1 aliphatic rings. The summed E-state index contributed by atoms with van der Waals surface area (Å²) in [6.07, 6.45) is 1.71. The second-order valence-electron chi connectivity index (χ2n) is 6.19. The summed E-state index contributed by atoms with van der Waals surface area (Å²) in [7, 11) is 0. The van der Waals surface area contributed by atoms with Gasteiger partial charge >= 0.3 is 5.97 Å². The highest BCUT2D eigenvalue weighted by atomic mass is 127. The monoisotopic (exact) mass is 481 g/mol. The highest BCUT2D eigenvalue weighted by Gasteiger charge is 2.24. The van der Waals surface area contributed by atoms with Gasteiger partial charge in [0.1, 0.15) is 12.4 Å². The zero-order chi connectivity index (χ0) is 19.3. The van der Waals surface area contributed by atoms with Crippen molar-refractivity contribution < 1.29 is 14.3 Å². The van der Waals surface area contributed by atoms with Gasteiger partial charge in [0, 0.05) is 9.13 Å². The predicted molar refractivity (Wildman–Crippen MR) is 117 cm³/mol. The van der Waals surface area contributed by atoms with Crippen molar-refractivity contribution in [1.82, 2.24) is 0 Å². The van der Waals surface area contributed by atoms with Crippen LogP contribution < -0.4 is 4.74 Å². The van der Waals surface area contributed by atoms with Crippen LogP contribution in [-0.4, -0.2) is 11.9 Å². The van der Waals surface area contributed by atoms with Crippen molar-refractivity contribution in [1.29, 1.82) is 0 Å². The summed E-state index contributed by atoms with van der Waals surface area (Å²) in [5.74, 6) is 0.597. The maximum Gasteiger partial charge on any atom is 0.363 e. The second-order valence-corrected chi connectivity index (χ2v) is 7.44. The van der Waals surface area contributed by atoms with E-state index < -0.39 is 5.97 Å². The molecule has 0 amide bonds. The number of carbonyl (C=O) groups excluding carboxylic acids is 1. The highest BCUT2D eigenvalue weighted by Crippen LogP contribution is 2.22. The Morgan fingerprint density at radius 3 is 2.54 bits per heavy atom. The first-order valence-electron chi connectivity index (χ1n) is 8.73. The third-order valence-corrected chi connectivity index (χ3v) is 4.84. The Hall–Kier alpha value is -2.93. The molecule has 0 saturated carbocycles. The first kappa shape index (κ1) is 18.4. The van der Waals surface area contributed by atoms with Gasteiger partial charge in [0.05, 0.1) is 0 Å². The molecule has 28 heavy (non-hydrogen) atoms. The Balaban J connectivity index is 1.51. The van der Waals surface area contributed by atoms with Gasteiger partial charge in [0.2, 0.25) is 5.90 Å². The number of halogens is 1. The summed E-state index contributed by atoms with van der Waals surface area (Å²) in [5.41, 5.74) is 2.97. The first-order valence-corrected chi connectivity index (χ1v) is 9.80. The van der Waals surface area contributed by atoms with Crippen LogP contribution in [0.25, 0.3) is 6.08 Å². The van der Waals surface area contributed by atoms with Crippen LogP contribution in [0.15, 0.2) is 89.6 Å². The molecule has 0 unspecified atom stereocenters. The van der Waals surface area contributed by atoms with E-state index in [0.717, 1.165) is 26.0 Å². The molecule has 0 saturated heterocycles. The van der Waals surface area contributed by atoms with E-state index in [-0.39, 0.29) is 5.70 Å². The third-order valence-electron chi connectivity index (χ3n) is 4.12. The number of carbonyl (C=O) groups is 1. The summed E-state index contributed by atoms with van der Waals surface area (Å²) in [6, 6.07) is 25.2. The minimum atomic E-state index is -0.454. The molecule has 0 aromatic heterocycles. The molecule has 1 heterocycles. The van der Waals surface area contributed by atoms with Gasteiger partial charge in [-0.2, -0.15) is 0 Å². The summed E-state index contributed by atoms with van der Waals surface area (Å²) < 4.78 is 12.3. The van der Waals surface area contributed by atoms with Crippen molar-refractivity contribution in [3.05, 3.63) is 105 Å². The van der Waals surface area contributed by atoms with Gasteiger partial charge < -0.3 is 9.47 Å². The number of hydrogen-bond acceptors (Lipinski definition) is 4. The Labute approximate surface area is 176 Å². The summed E-state index contributed by atoms with van der Waals surface area (Å²) in [5, 5.41) is 0. The van der Waals surface area contributed by atoms with Crippen molar-refractivity contribution in [3.8, 4) is 5.75 Å². The van der Waals surface area contributed by atoms with Gasteiger partial charge in [-0.1, -0.05) is 42.5 Å². The lowest BCUT2D eigenvalue weighted by Gasteiger charge is -2.07. The zero-order valence-corrected chi connectivity index (χ0v) is 17.0. The number of ether oxygens (including phenoxy) is 2. The quantitative estimate of drug-likeness (QED) is 0.286. The molecule has 0 spiro atoms. The summed E-state index contributed by atoms with van der Waals surface area (Å²) in [4.78, 5) is 16.5. The molecule has 0 atom stereocenters. The van der Waals surface area contributed by atoms with Crippen LogP contribution >= 0.6 is 22.6 Å². The fourth-order valence-electron chi connectivity index (χ4n) is 2.72. The standard InChI is InChI=1S/C23H16INO3/c24-19-11-9-18(10-12-19)22-25-21(23(26)28-22)14-17-7-4-8-20(13-17)27-15-16-5-2-1-3-6-16/h1-14H,15H2/b21-14-. The average Bonchev–Trinajstić information content (AvgIpc) is 3.08. The Kier molecular flexibility index (Phi) is 5.53. The van der Waals surface area contributed by atoms with E-state index in [1.54, 1.807) is 6.08 Å². The molecule has 138 valence electrons. The van der Waals surface area contributed by atoms with Gasteiger partial charge in [-0.05, 0) is 76.2 Å². The van der Waals surface area contributed by atoms with Gasteiger partial charge in [-0.25, -0.2) is 9.79 Å². The van der Waals surface area contributed by atoms with Crippen LogP contribution in [0, 0.1) is 3.57 Å². The molecular formula is C23H16INO3. The predicted octanol–water partition coefficient (Wildman–Crippen LogP) is 5.21. The molecule has 0 N–H and O–H groups in total. The average molecular weight is 481 g/mol. The molecule has 3 aromatic rings. The highest BCUT2D eigenvalue weighted by molar-refractivity contribution is 14.1. The number of hydrogen-bond donors (Lipinski definition) is 0. The van der Waals surface area contributed by atoms with E-state index in [0.29, 0.717) is 12.5 Å². The summed E-state index contributed by atoms with van der Waals surface area (Å²) >= 11 is 2.23. The van der Waals surface area contributed by atoms with Crippen LogP contribution in [0.3, 0.4) is 0 Å². The molecule has 0 bridgehead atoms. The molecule has 3 aromatic carbocycles. The molecule has 0 aliphatic carbocycles. The summed E-state index contributed by atoms with van der Waals surface area (Å²) in [6.45, 7) is 0.484. The first-order chi connectivity index (χ1) is 13.7. The lowest BCUT2D eigenvalue weighted by molar-refractivity contribution is -0.129. The molecule has 5 heteroatoms. The number of rotatable bonds is 5. The van der Waals surface area contributed by atoms with E-state index in [2.05, 4.69) is 27.6 Å². The van der Waals surface area contributed by atoms with E-state index in [4.69, 9.17) is 9.47 Å². The van der Waals surface area contributed by atoms with E-state index >= 15 is 0 Å². The Bertz CT molecular complexity index is 1060. The van der Waals surface area contributed by atoms with Gasteiger partial charge in [0.15, 0.2) is 5.70 Å². The largest absolute Gasteiger partial charge is 0.489 e. The van der Waals surface area contributed by atoms with Crippen LogP contribution in [0.1, 0.15) is 16.7 Å². The van der Waals surface area contributed by atoms with E-state index in [1.807, 2.05) is 78.9 Å². The maximum absolute atomic E-state index is 12.2. The SMILES string of the molecule is O=C1OC(c2ccc(I)cc2)=N/C1=C\c1cccc(OCc2ccccc2)c1. The maximum atomic E-state index is 12.2. The fraction of sp³-hybridized carbons (Fsp3) is 0.0435. The van der Waals surface area contributed by atoms with E-state index in [1.165, 1.54) is 0 Å². The van der Waals surface area contributed by atoms with Crippen molar-refractivity contribution >= 4 is 40.5 Å². The lowest BCUT2D eigenvalue weighted by Crippen LogP contribution is -2.05. The van der Waals surface area contributed by atoms with Gasteiger partial charge in [-0.3, -0.25) is 0 Å². The molecule has 0 fully saturated rings. The van der Waals surface area contributed by atoms with Crippen LogP contribution in [-0.2, 0) is 16.1 Å². The lowest BCUT2D eigenvalue weighted by atomic mass is 10.2. The van der Waals surface area contributed by atoms with Gasteiger partial charge in [0.25, 0.3) is 0 Å². The molecular weight excluding hydrogens is 465 g/mol. The van der Waals surface area contributed by atoms with Crippen molar-refractivity contribution in [2.24, 2.45) is 4.99 Å². The van der Waals surface area contributed by atoms with Crippen LogP contribution in [0.5, 0.6) is 5.75 Å². The molecule has 1 aliphatic heterocycles. The minimum Gasteiger partial charge on any atom is -0.489 e. The Morgan fingerprint density at radius 1 is 0.964 bits per heavy atom. The van der Waals surface area contributed by atoms with Crippen LogP contribution in [0.2, 0.25) is 0 Å². The third kappa shape index (κ3) is 4.48. The normalized spacial score (nSPS) is 14.7. The smallest absolute Gasteiger partial charge is 0.363 e. The Morgan fingerprint density at radius 2 is 1.75 bits per heavy atom. The number of aliphatic imine (C=N–C) groups is 1. The number of benzene rings is 3. The number of esters is 1. The van der Waals surface area contributed by atoms with Crippen LogP contribution in [0.4, 0.5) is 0 Å². The number of nitrogens with zero attached hydrogens (tertiary/aromatic N) is 1. The molecule has 4 rings (SSSR count).